The summed E-state index contributed by atoms with van der Waals surface area (Å²) in [6.45, 7) is 0. The van der Waals surface area contributed by atoms with Crippen LogP contribution in [0, 0.1) is 5.82 Å². The van der Waals surface area contributed by atoms with Crippen LogP contribution in [0.3, 0.4) is 0 Å². The van der Waals surface area contributed by atoms with E-state index in [2.05, 4.69) is 24.0 Å². The molecule has 2 nitrogen and oxygen atoms in total. The van der Waals surface area contributed by atoms with Gasteiger partial charge in [-0.1, -0.05) is 6.07 Å². The highest BCUT2D eigenvalue weighted by Gasteiger charge is 2.29. The van der Waals surface area contributed by atoms with Crippen molar-refractivity contribution in [3.8, 4) is 0 Å². The number of aromatic amines is 1. The second-order valence-corrected chi connectivity index (χ2v) is 5.53. The first kappa shape index (κ1) is 11.7. The van der Waals surface area contributed by atoms with Gasteiger partial charge in [0.15, 0.2) is 0 Å². The predicted octanol–water partition coefficient (Wildman–Crippen LogP) is 3.50. The molecule has 2 aromatic rings. The summed E-state index contributed by atoms with van der Waals surface area (Å²) in [5, 5.41) is 0.793. The topological polar surface area (TPSA) is 19.0 Å². The molecule has 2 atom stereocenters. The Morgan fingerprint density at radius 2 is 2.11 bits per heavy atom. The minimum Gasteiger partial charge on any atom is -0.361 e. The van der Waals surface area contributed by atoms with Crippen molar-refractivity contribution in [2.75, 3.05) is 14.1 Å². The molecule has 1 fully saturated rings. The molecule has 1 aromatic heterocycles. The molecule has 1 N–H and O–H groups in total. The summed E-state index contributed by atoms with van der Waals surface area (Å²) >= 11 is 0. The highest BCUT2D eigenvalue weighted by atomic mass is 19.1. The number of fused-ring (bicyclic) bond motifs is 1. The van der Waals surface area contributed by atoms with Crippen LogP contribution in [0.4, 0.5) is 4.39 Å². The van der Waals surface area contributed by atoms with Gasteiger partial charge in [-0.15, -0.1) is 0 Å². The molecule has 1 saturated carbocycles. The Balaban J connectivity index is 1.96. The zero-order valence-electron chi connectivity index (χ0n) is 10.9. The summed E-state index contributed by atoms with van der Waals surface area (Å²) in [6.07, 6.45) is 5.49. The Kier molecular flexibility index (Phi) is 2.86. The Bertz CT molecular complexity index is 559. The molecule has 1 aliphatic carbocycles. The van der Waals surface area contributed by atoms with Gasteiger partial charge in [0.1, 0.15) is 5.82 Å². The van der Waals surface area contributed by atoms with Crippen molar-refractivity contribution in [1.29, 1.82) is 0 Å². The highest BCUT2D eigenvalue weighted by Crippen LogP contribution is 2.39. The van der Waals surface area contributed by atoms with Crippen molar-refractivity contribution in [2.24, 2.45) is 0 Å². The molecule has 0 bridgehead atoms. The van der Waals surface area contributed by atoms with Crippen LogP contribution in [0.1, 0.15) is 30.7 Å². The third kappa shape index (κ3) is 1.83. The molecule has 96 valence electrons. The van der Waals surface area contributed by atoms with E-state index in [0.717, 1.165) is 29.3 Å². The first-order chi connectivity index (χ1) is 8.66. The minimum absolute atomic E-state index is 0.1000. The Hall–Kier alpha value is -1.35. The van der Waals surface area contributed by atoms with Gasteiger partial charge in [0.05, 0.1) is 0 Å². The number of hydrogen-bond donors (Lipinski definition) is 1. The number of nitrogens with one attached hydrogen (secondary N) is 1. The minimum atomic E-state index is -0.1000. The first-order valence-electron chi connectivity index (χ1n) is 6.58. The molecule has 0 radical (unpaired) electrons. The number of hydrogen-bond acceptors (Lipinski definition) is 1. The van der Waals surface area contributed by atoms with E-state index in [-0.39, 0.29) is 5.82 Å². The normalized spacial score (nSPS) is 24.2. The maximum absolute atomic E-state index is 14.0. The molecular formula is C15H19FN2. The van der Waals surface area contributed by atoms with Crippen LogP contribution < -0.4 is 0 Å². The summed E-state index contributed by atoms with van der Waals surface area (Å²) in [6, 6.07) is 5.89. The summed E-state index contributed by atoms with van der Waals surface area (Å²) in [5.41, 5.74) is 2.07. The van der Waals surface area contributed by atoms with Crippen molar-refractivity contribution >= 4 is 10.9 Å². The van der Waals surface area contributed by atoms with Crippen LogP contribution in [0.2, 0.25) is 0 Å². The van der Waals surface area contributed by atoms with E-state index in [4.69, 9.17) is 0 Å². The molecule has 1 heterocycles. The van der Waals surface area contributed by atoms with Gasteiger partial charge in [-0.25, -0.2) is 4.39 Å². The Labute approximate surface area is 107 Å². The molecule has 0 amide bonds. The number of H-pyrrole nitrogens is 1. The third-order valence-corrected chi connectivity index (χ3v) is 4.26. The lowest BCUT2D eigenvalue weighted by Gasteiger charge is -2.18. The largest absolute Gasteiger partial charge is 0.361 e. The highest BCUT2D eigenvalue weighted by molar-refractivity contribution is 5.84. The second-order valence-electron chi connectivity index (χ2n) is 5.53. The van der Waals surface area contributed by atoms with Crippen LogP contribution in [-0.2, 0) is 0 Å². The van der Waals surface area contributed by atoms with E-state index >= 15 is 0 Å². The molecule has 0 aliphatic heterocycles. The van der Waals surface area contributed by atoms with Crippen LogP contribution >= 0.6 is 0 Å². The molecule has 1 aromatic carbocycles. The second kappa shape index (κ2) is 4.39. The maximum atomic E-state index is 14.0. The monoisotopic (exact) mass is 246 g/mol. The summed E-state index contributed by atoms with van der Waals surface area (Å²) in [5.74, 6) is 0.389. The number of rotatable bonds is 2. The van der Waals surface area contributed by atoms with E-state index in [1.165, 1.54) is 6.42 Å². The van der Waals surface area contributed by atoms with Gasteiger partial charge in [0, 0.05) is 23.1 Å². The van der Waals surface area contributed by atoms with Gasteiger partial charge in [-0.05, 0) is 57.0 Å². The number of aromatic nitrogens is 1. The van der Waals surface area contributed by atoms with Gasteiger partial charge in [-0.3, -0.25) is 0 Å². The standard InChI is InChI=1S/C15H19FN2/c1-18(2)11-7-6-10(8-11)12-9-17-14-5-3-4-13(16)15(12)14/h3-5,9-11,17H,6-8H2,1-2H3. The molecule has 2 unspecified atom stereocenters. The van der Waals surface area contributed by atoms with Crippen LogP contribution in [0.5, 0.6) is 0 Å². The van der Waals surface area contributed by atoms with E-state index < -0.39 is 0 Å². The Morgan fingerprint density at radius 1 is 1.28 bits per heavy atom. The molecule has 0 saturated heterocycles. The Morgan fingerprint density at radius 3 is 2.83 bits per heavy atom. The number of halogens is 1. The quantitative estimate of drug-likeness (QED) is 0.859. The summed E-state index contributed by atoms with van der Waals surface area (Å²) in [4.78, 5) is 5.48. The van der Waals surface area contributed by atoms with Gasteiger partial charge < -0.3 is 9.88 Å². The molecule has 3 rings (SSSR count). The van der Waals surface area contributed by atoms with E-state index in [1.807, 2.05) is 12.3 Å². The molecule has 0 spiro atoms. The molecule has 18 heavy (non-hydrogen) atoms. The maximum Gasteiger partial charge on any atom is 0.132 e. The zero-order valence-corrected chi connectivity index (χ0v) is 10.9. The zero-order chi connectivity index (χ0) is 12.7. The van der Waals surface area contributed by atoms with Gasteiger partial charge >= 0.3 is 0 Å². The lowest BCUT2D eigenvalue weighted by Crippen LogP contribution is -2.24. The average molecular weight is 246 g/mol. The SMILES string of the molecule is CN(C)C1CCC(c2c[nH]c3cccc(F)c23)C1. The van der Waals surface area contributed by atoms with Crippen molar-refractivity contribution in [3.63, 3.8) is 0 Å². The van der Waals surface area contributed by atoms with Crippen LogP contribution in [0.25, 0.3) is 10.9 Å². The fourth-order valence-corrected chi connectivity index (χ4v) is 3.20. The fraction of sp³-hybridized carbons (Fsp3) is 0.467. The van der Waals surface area contributed by atoms with Crippen LogP contribution in [-0.4, -0.2) is 30.0 Å². The van der Waals surface area contributed by atoms with E-state index in [9.17, 15) is 4.39 Å². The van der Waals surface area contributed by atoms with Gasteiger partial charge in [-0.2, -0.15) is 0 Å². The smallest absolute Gasteiger partial charge is 0.132 e. The van der Waals surface area contributed by atoms with Crippen molar-refractivity contribution < 1.29 is 4.39 Å². The third-order valence-electron chi connectivity index (χ3n) is 4.26. The van der Waals surface area contributed by atoms with Crippen molar-refractivity contribution in [2.45, 2.75) is 31.2 Å². The van der Waals surface area contributed by atoms with Gasteiger partial charge in [0.2, 0.25) is 0 Å². The number of benzene rings is 1. The van der Waals surface area contributed by atoms with Crippen LogP contribution in [0.15, 0.2) is 24.4 Å². The molecule has 3 heteroatoms. The summed E-state index contributed by atoms with van der Waals surface area (Å²) < 4.78 is 14.0. The van der Waals surface area contributed by atoms with Crippen molar-refractivity contribution in [1.82, 2.24) is 9.88 Å². The first-order valence-corrected chi connectivity index (χ1v) is 6.58. The van der Waals surface area contributed by atoms with Crippen molar-refractivity contribution in [3.05, 3.63) is 35.8 Å². The molecular weight excluding hydrogens is 227 g/mol. The van der Waals surface area contributed by atoms with E-state index in [0.29, 0.717) is 12.0 Å². The lowest BCUT2D eigenvalue weighted by molar-refractivity contribution is 0.297. The molecule has 1 aliphatic rings. The summed E-state index contributed by atoms with van der Waals surface area (Å²) in [7, 11) is 4.26. The average Bonchev–Trinajstić information content (AvgIpc) is 2.94. The fourth-order valence-electron chi connectivity index (χ4n) is 3.20. The van der Waals surface area contributed by atoms with E-state index in [1.54, 1.807) is 12.1 Å². The predicted molar refractivity (Wildman–Crippen MR) is 72.3 cm³/mol. The lowest BCUT2D eigenvalue weighted by atomic mass is 9.96. The van der Waals surface area contributed by atoms with Gasteiger partial charge in [0.25, 0.3) is 0 Å². The number of nitrogens with zero attached hydrogens (tertiary/aromatic N) is 1.